The van der Waals surface area contributed by atoms with Crippen LogP contribution in [0, 0.1) is 12.8 Å². The molecule has 1 N–H and O–H groups in total. The zero-order valence-corrected chi connectivity index (χ0v) is 20.3. The summed E-state index contributed by atoms with van der Waals surface area (Å²) >= 11 is 4.91. The molecule has 1 aliphatic rings. The first-order chi connectivity index (χ1) is 15.0. The lowest BCUT2D eigenvalue weighted by Gasteiger charge is -2.08. The molecule has 0 aliphatic heterocycles. The Labute approximate surface area is 193 Å². The Morgan fingerprint density at radius 2 is 2.19 bits per heavy atom. The number of aryl methyl sites for hydroxylation is 1. The number of H-pyrrole nitrogens is 1. The maximum atomic E-state index is 12.9. The van der Waals surface area contributed by atoms with Crippen LogP contribution in [0.15, 0.2) is 27.5 Å². The number of rotatable bonds is 8. The van der Waals surface area contributed by atoms with E-state index in [1.165, 1.54) is 17.7 Å². The molecule has 1 atom stereocenters. The van der Waals surface area contributed by atoms with Gasteiger partial charge in [-0.15, -0.1) is 32.9 Å². The summed E-state index contributed by atoms with van der Waals surface area (Å²) in [6, 6.07) is 4.61. The molecule has 1 fully saturated rings. The summed E-state index contributed by atoms with van der Waals surface area (Å²) in [6.45, 7) is 6.52. The minimum atomic E-state index is -0.0220. The fourth-order valence-corrected chi connectivity index (χ4v) is 6.42. The monoisotopic (exact) mass is 471 g/mol. The third-order valence-corrected chi connectivity index (χ3v) is 8.68. The van der Waals surface area contributed by atoms with Gasteiger partial charge in [-0.25, -0.2) is 4.98 Å². The van der Waals surface area contributed by atoms with Crippen molar-refractivity contribution in [1.29, 1.82) is 0 Å². The van der Waals surface area contributed by atoms with Crippen LogP contribution in [0.25, 0.3) is 20.9 Å². The number of aromatic amines is 1. The largest absolute Gasteiger partial charge is 0.309 e. The maximum absolute atomic E-state index is 12.9. The molecule has 162 valence electrons. The van der Waals surface area contributed by atoms with Crippen LogP contribution in [-0.2, 0) is 12.2 Å². The molecule has 0 unspecified atom stereocenters. The Kier molecular flexibility index (Phi) is 5.75. The average Bonchev–Trinajstić information content (AvgIpc) is 3.14. The molecule has 0 saturated heterocycles. The van der Waals surface area contributed by atoms with E-state index in [9.17, 15) is 4.79 Å². The van der Waals surface area contributed by atoms with Gasteiger partial charge >= 0.3 is 0 Å². The highest BCUT2D eigenvalue weighted by Crippen LogP contribution is 2.42. The molecule has 0 amide bonds. The van der Waals surface area contributed by atoms with E-state index in [1.807, 2.05) is 6.07 Å². The SMILES string of the molecule is CC[C@H](C)Cc1c(C)sc2nc(CSc3nnc(-c4cccs4)n3C3CC3)[nH]c(=O)c12. The molecule has 0 aromatic carbocycles. The minimum absolute atomic E-state index is 0.0220. The molecule has 0 spiro atoms. The highest BCUT2D eigenvalue weighted by Gasteiger charge is 2.30. The third-order valence-electron chi connectivity index (χ3n) is 5.82. The molecular weight excluding hydrogens is 446 g/mol. The van der Waals surface area contributed by atoms with E-state index >= 15 is 0 Å². The first kappa shape index (κ1) is 20.9. The van der Waals surface area contributed by atoms with Crippen molar-refractivity contribution >= 4 is 44.7 Å². The van der Waals surface area contributed by atoms with Crippen molar-refractivity contribution in [1.82, 2.24) is 24.7 Å². The third kappa shape index (κ3) is 4.10. The van der Waals surface area contributed by atoms with Crippen molar-refractivity contribution in [3.8, 4) is 10.7 Å². The fraction of sp³-hybridized carbons (Fsp3) is 0.455. The first-order valence-corrected chi connectivity index (χ1v) is 13.4. The van der Waals surface area contributed by atoms with E-state index in [1.54, 1.807) is 34.4 Å². The molecule has 4 heterocycles. The Bertz CT molecular complexity index is 1270. The van der Waals surface area contributed by atoms with Gasteiger partial charge < -0.3 is 4.98 Å². The van der Waals surface area contributed by atoms with Crippen molar-refractivity contribution in [2.24, 2.45) is 5.92 Å². The van der Waals surface area contributed by atoms with E-state index in [4.69, 9.17) is 4.98 Å². The van der Waals surface area contributed by atoms with Crippen molar-refractivity contribution in [3.05, 3.63) is 44.1 Å². The van der Waals surface area contributed by atoms with Crippen LogP contribution in [-0.4, -0.2) is 24.7 Å². The number of hydrogen-bond acceptors (Lipinski definition) is 7. The lowest BCUT2D eigenvalue weighted by molar-refractivity contribution is 0.561. The van der Waals surface area contributed by atoms with Crippen LogP contribution < -0.4 is 5.56 Å². The lowest BCUT2D eigenvalue weighted by atomic mass is 9.98. The van der Waals surface area contributed by atoms with Crippen LogP contribution in [0.3, 0.4) is 0 Å². The van der Waals surface area contributed by atoms with Gasteiger partial charge in [-0.05, 0) is 49.1 Å². The van der Waals surface area contributed by atoms with Crippen LogP contribution in [0.2, 0.25) is 0 Å². The Morgan fingerprint density at radius 3 is 2.90 bits per heavy atom. The minimum Gasteiger partial charge on any atom is -0.309 e. The van der Waals surface area contributed by atoms with Gasteiger partial charge in [0.2, 0.25) is 0 Å². The normalized spacial score (nSPS) is 15.1. The van der Waals surface area contributed by atoms with E-state index in [-0.39, 0.29) is 5.56 Å². The molecular formula is C22H25N5OS3. The van der Waals surface area contributed by atoms with Gasteiger partial charge in [-0.2, -0.15) is 0 Å². The smallest absolute Gasteiger partial charge is 0.259 e. The summed E-state index contributed by atoms with van der Waals surface area (Å²) in [5, 5.41) is 12.7. The fourth-order valence-electron chi connectivity index (χ4n) is 3.77. The summed E-state index contributed by atoms with van der Waals surface area (Å²) < 4.78 is 2.26. The number of fused-ring (bicyclic) bond motifs is 1. The predicted molar refractivity (Wildman–Crippen MR) is 129 cm³/mol. The predicted octanol–water partition coefficient (Wildman–Crippen LogP) is 5.83. The molecule has 31 heavy (non-hydrogen) atoms. The quantitative estimate of drug-likeness (QED) is 0.327. The van der Waals surface area contributed by atoms with Crippen LogP contribution in [0.5, 0.6) is 0 Å². The van der Waals surface area contributed by atoms with Gasteiger partial charge in [0.25, 0.3) is 5.56 Å². The zero-order chi connectivity index (χ0) is 21.5. The molecule has 4 aromatic heterocycles. The number of nitrogens with one attached hydrogen (secondary N) is 1. The number of aromatic nitrogens is 5. The number of thioether (sulfide) groups is 1. The Hall–Kier alpha value is -1.97. The average molecular weight is 472 g/mol. The van der Waals surface area contributed by atoms with E-state index in [0.29, 0.717) is 23.5 Å². The van der Waals surface area contributed by atoms with Gasteiger partial charge in [0.05, 0.1) is 16.0 Å². The second-order valence-electron chi connectivity index (χ2n) is 8.22. The van der Waals surface area contributed by atoms with Gasteiger partial charge in [0.15, 0.2) is 11.0 Å². The molecule has 5 rings (SSSR count). The molecule has 6 nitrogen and oxygen atoms in total. The van der Waals surface area contributed by atoms with Crippen LogP contribution >= 0.6 is 34.4 Å². The van der Waals surface area contributed by atoms with Crippen LogP contribution in [0.4, 0.5) is 0 Å². The Morgan fingerprint density at radius 1 is 1.35 bits per heavy atom. The molecule has 0 radical (unpaired) electrons. The summed E-state index contributed by atoms with van der Waals surface area (Å²) in [6.07, 6.45) is 4.36. The lowest BCUT2D eigenvalue weighted by Crippen LogP contribution is -2.12. The first-order valence-electron chi connectivity index (χ1n) is 10.7. The second-order valence-corrected chi connectivity index (χ2v) is 11.3. The Balaban J connectivity index is 1.42. The number of nitrogens with zero attached hydrogens (tertiary/aromatic N) is 4. The van der Waals surface area contributed by atoms with Crippen LogP contribution in [0.1, 0.15) is 55.4 Å². The van der Waals surface area contributed by atoms with Crippen molar-refractivity contribution in [3.63, 3.8) is 0 Å². The van der Waals surface area contributed by atoms with Gasteiger partial charge in [-0.1, -0.05) is 38.1 Å². The number of thiophene rings is 2. The van der Waals surface area contributed by atoms with E-state index in [0.717, 1.165) is 44.5 Å². The highest BCUT2D eigenvalue weighted by molar-refractivity contribution is 7.98. The van der Waals surface area contributed by atoms with Crippen molar-refractivity contribution in [2.45, 2.75) is 63.4 Å². The van der Waals surface area contributed by atoms with Gasteiger partial charge in [0.1, 0.15) is 10.7 Å². The maximum Gasteiger partial charge on any atom is 0.259 e. The second kappa shape index (κ2) is 8.52. The van der Waals surface area contributed by atoms with E-state index < -0.39 is 0 Å². The summed E-state index contributed by atoms with van der Waals surface area (Å²) in [5.74, 6) is 2.76. The van der Waals surface area contributed by atoms with Gasteiger partial charge in [0, 0.05) is 10.9 Å². The molecule has 1 saturated carbocycles. The topological polar surface area (TPSA) is 76.5 Å². The highest BCUT2D eigenvalue weighted by atomic mass is 32.2. The summed E-state index contributed by atoms with van der Waals surface area (Å²) in [7, 11) is 0. The van der Waals surface area contributed by atoms with E-state index in [2.05, 4.69) is 52.0 Å². The van der Waals surface area contributed by atoms with Crippen molar-refractivity contribution in [2.75, 3.05) is 0 Å². The number of hydrogen-bond donors (Lipinski definition) is 1. The van der Waals surface area contributed by atoms with Crippen molar-refractivity contribution < 1.29 is 0 Å². The summed E-state index contributed by atoms with van der Waals surface area (Å²) in [4.78, 5) is 23.9. The molecule has 0 bridgehead atoms. The summed E-state index contributed by atoms with van der Waals surface area (Å²) in [5.41, 5.74) is 1.14. The molecule has 9 heteroatoms. The molecule has 1 aliphatic carbocycles. The molecule has 4 aromatic rings. The zero-order valence-electron chi connectivity index (χ0n) is 17.8. The van der Waals surface area contributed by atoms with Gasteiger partial charge in [-0.3, -0.25) is 9.36 Å². The standard InChI is InChI=1S/C22H25N5OS3/c1-4-12(2)10-15-13(3)31-21-18(15)20(28)23-17(24-21)11-30-22-26-25-19(16-6-5-9-29-16)27(22)14-7-8-14/h5-6,9,12,14H,4,7-8,10-11H2,1-3H3,(H,23,24,28)/t12-/m0/s1.